The standard InChI is InChI=1S/C18H20N4O3S.ClH/c1-21(15-8-12-5-6-13(9-15)19-12)18(23)16-10-26-17(20-16)11-3-2-4-14(7-11)22(24)25;/h2-4,7,10,12-13,15,19H,5-6,8-9H2,1H3;1H. The maximum atomic E-state index is 12.8. The summed E-state index contributed by atoms with van der Waals surface area (Å²) in [5.74, 6) is -0.0794. The van der Waals surface area contributed by atoms with Crippen molar-refractivity contribution in [3.8, 4) is 10.6 Å². The molecule has 0 aliphatic carbocycles. The van der Waals surface area contributed by atoms with Crippen LogP contribution in [0.3, 0.4) is 0 Å². The van der Waals surface area contributed by atoms with Gasteiger partial charge in [0.25, 0.3) is 11.6 Å². The Balaban J connectivity index is 0.00000210. The number of carbonyl (C=O) groups excluding carboxylic acids is 1. The summed E-state index contributed by atoms with van der Waals surface area (Å²) in [4.78, 5) is 29.6. The Morgan fingerprint density at radius 3 is 2.70 bits per heavy atom. The van der Waals surface area contributed by atoms with Crippen molar-refractivity contribution in [2.45, 2.75) is 43.8 Å². The summed E-state index contributed by atoms with van der Waals surface area (Å²) < 4.78 is 0. The zero-order valence-electron chi connectivity index (χ0n) is 14.8. The topological polar surface area (TPSA) is 88.4 Å². The zero-order valence-corrected chi connectivity index (χ0v) is 16.5. The predicted octanol–water partition coefficient (Wildman–Crippen LogP) is 3.50. The van der Waals surface area contributed by atoms with E-state index in [1.54, 1.807) is 17.5 Å². The highest BCUT2D eigenvalue weighted by Crippen LogP contribution is 2.31. The SMILES string of the molecule is CN(C(=O)c1csc(-c2cccc([N+](=O)[O-])c2)n1)C1CC2CCC(C1)N2.Cl. The zero-order chi connectivity index (χ0) is 18.3. The molecule has 1 N–H and O–H groups in total. The summed E-state index contributed by atoms with van der Waals surface area (Å²) in [5.41, 5.74) is 1.09. The second kappa shape index (κ2) is 7.92. The summed E-state index contributed by atoms with van der Waals surface area (Å²) >= 11 is 1.34. The summed E-state index contributed by atoms with van der Waals surface area (Å²) in [6.45, 7) is 0. The average molecular weight is 409 g/mol. The van der Waals surface area contributed by atoms with E-state index in [-0.39, 0.29) is 30.0 Å². The minimum Gasteiger partial charge on any atom is -0.337 e. The number of benzene rings is 1. The molecule has 0 radical (unpaired) electrons. The molecule has 2 unspecified atom stereocenters. The molecule has 0 saturated carbocycles. The number of hydrogen-bond donors (Lipinski definition) is 1. The van der Waals surface area contributed by atoms with Gasteiger partial charge in [0, 0.05) is 48.2 Å². The minimum atomic E-state index is -0.428. The number of thiazole rings is 1. The Bertz CT molecular complexity index is 847. The number of rotatable bonds is 4. The molecule has 1 aromatic carbocycles. The van der Waals surface area contributed by atoms with Crippen molar-refractivity contribution in [2.24, 2.45) is 0 Å². The summed E-state index contributed by atoms with van der Waals surface area (Å²) in [6, 6.07) is 7.62. The van der Waals surface area contributed by atoms with Crippen LogP contribution in [0.2, 0.25) is 0 Å². The third kappa shape index (κ3) is 3.97. The van der Waals surface area contributed by atoms with Gasteiger partial charge in [-0.2, -0.15) is 0 Å². The molecule has 0 spiro atoms. The summed E-state index contributed by atoms with van der Waals surface area (Å²) in [7, 11) is 1.85. The van der Waals surface area contributed by atoms with Crippen LogP contribution in [0.15, 0.2) is 29.6 Å². The van der Waals surface area contributed by atoms with E-state index in [2.05, 4.69) is 10.3 Å². The van der Waals surface area contributed by atoms with Crippen LogP contribution >= 0.6 is 23.7 Å². The van der Waals surface area contributed by atoms with Gasteiger partial charge in [-0.3, -0.25) is 14.9 Å². The molecule has 2 fully saturated rings. The van der Waals surface area contributed by atoms with Crippen molar-refractivity contribution in [3.05, 3.63) is 45.5 Å². The lowest BCUT2D eigenvalue weighted by Gasteiger charge is -2.35. The number of amides is 1. The van der Waals surface area contributed by atoms with Crippen LogP contribution in [0.4, 0.5) is 5.69 Å². The van der Waals surface area contributed by atoms with Gasteiger partial charge < -0.3 is 10.2 Å². The van der Waals surface area contributed by atoms with Gasteiger partial charge >= 0.3 is 0 Å². The number of nitro benzene ring substituents is 1. The number of hydrogen-bond acceptors (Lipinski definition) is 6. The molecule has 27 heavy (non-hydrogen) atoms. The number of fused-ring (bicyclic) bond motifs is 2. The van der Waals surface area contributed by atoms with Gasteiger partial charge in [0.05, 0.1) is 4.92 Å². The highest BCUT2D eigenvalue weighted by molar-refractivity contribution is 7.13. The summed E-state index contributed by atoms with van der Waals surface area (Å²) in [6.07, 6.45) is 4.36. The fourth-order valence-electron chi connectivity index (χ4n) is 3.95. The normalized spacial score (nSPS) is 23.5. The minimum absolute atomic E-state index is 0. The van der Waals surface area contributed by atoms with Gasteiger partial charge in [0.1, 0.15) is 10.7 Å². The number of aromatic nitrogens is 1. The molecule has 2 bridgehead atoms. The monoisotopic (exact) mass is 408 g/mol. The molecule has 144 valence electrons. The second-order valence-electron chi connectivity index (χ2n) is 7.02. The molecule has 4 rings (SSSR count). The van der Waals surface area contributed by atoms with Crippen LogP contribution in [0.25, 0.3) is 10.6 Å². The molecule has 2 atom stereocenters. The fraction of sp³-hybridized carbons (Fsp3) is 0.444. The highest BCUT2D eigenvalue weighted by atomic mass is 35.5. The highest BCUT2D eigenvalue weighted by Gasteiger charge is 2.36. The molecule has 2 saturated heterocycles. The molecule has 2 aromatic rings. The number of nitro groups is 1. The summed E-state index contributed by atoms with van der Waals surface area (Å²) in [5, 5.41) is 16.9. The lowest BCUT2D eigenvalue weighted by atomic mass is 9.98. The van der Waals surface area contributed by atoms with Crippen molar-refractivity contribution in [2.75, 3.05) is 7.05 Å². The first kappa shape index (κ1) is 19.7. The number of nitrogens with zero attached hydrogens (tertiary/aromatic N) is 3. The molecule has 2 aliphatic rings. The van der Waals surface area contributed by atoms with Crippen molar-refractivity contribution < 1.29 is 9.72 Å². The van der Waals surface area contributed by atoms with E-state index in [4.69, 9.17) is 0 Å². The van der Waals surface area contributed by atoms with E-state index in [9.17, 15) is 14.9 Å². The number of non-ortho nitro benzene ring substituents is 1. The van der Waals surface area contributed by atoms with Crippen LogP contribution in [-0.2, 0) is 0 Å². The van der Waals surface area contributed by atoms with Crippen LogP contribution in [-0.4, -0.2) is 45.9 Å². The number of halogens is 1. The van der Waals surface area contributed by atoms with Crippen LogP contribution < -0.4 is 5.32 Å². The smallest absolute Gasteiger partial charge is 0.273 e. The van der Waals surface area contributed by atoms with E-state index in [1.165, 1.54) is 36.3 Å². The van der Waals surface area contributed by atoms with Gasteiger partial charge in [-0.1, -0.05) is 12.1 Å². The van der Waals surface area contributed by atoms with Gasteiger partial charge in [0.15, 0.2) is 0 Å². The van der Waals surface area contributed by atoms with Crippen molar-refractivity contribution >= 4 is 35.3 Å². The second-order valence-corrected chi connectivity index (χ2v) is 7.88. The molecule has 1 aromatic heterocycles. The fourth-order valence-corrected chi connectivity index (χ4v) is 4.74. The Morgan fingerprint density at radius 2 is 2.04 bits per heavy atom. The molecular weight excluding hydrogens is 388 g/mol. The maximum Gasteiger partial charge on any atom is 0.273 e. The molecule has 7 nitrogen and oxygen atoms in total. The lowest BCUT2D eigenvalue weighted by Crippen LogP contribution is -2.48. The van der Waals surface area contributed by atoms with Gasteiger partial charge in [0.2, 0.25) is 0 Å². The first-order chi connectivity index (χ1) is 12.5. The first-order valence-corrected chi connectivity index (χ1v) is 9.63. The third-order valence-corrected chi connectivity index (χ3v) is 6.23. The number of piperidine rings is 1. The van der Waals surface area contributed by atoms with Crippen LogP contribution in [0.5, 0.6) is 0 Å². The van der Waals surface area contributed by atoms with Gasteiger partial charge in [-0.05, 0) is 25.7 Å². The first-order valence-electron chi connectivity index (χ1n) is 8.75. The molecule has 1 amide bonds. The van der Waals surface area contributed by atoms with Crippen molar-refractivity contribution in [1.29, 1.82) is 0 Å². The Morgan fingerprint density at radius 1 is 1.33 bits per heavy atom. The Labute approximate surface area is 167 Å². The van der Waals surface area contributed by atoms with Crippen LogP contribution in [0.1, 0.15) is 36.2 Å². The van der Waals surface area contributed by atoms with E-state index in [0.717, 1.165) is 12.8 Å². The van der Waals surface area contributed by atoms with E-state index in [1.807, 2.05) is 11.9 Å². The molecule has 2 aliphatic heterocycles. The lowest BCUT2D eigenvalue weighted by molar-refractivity contribution is -0.384. The number of carbonyl (C=O) groups is 1. The van der Waals surface area contributed by atoms with Gasteiger partial charge in [-0.25, -0.2) is 4.98 Å². The third-order valence-electron chi connectivity index (χ3n) is 5.34. The molecular formula is C18H21ClN4O3S. The molecule has 3 heterocycles. The van der Waals surface area contributed by atoms with Crippen molar-refractivity contribution in [1.82, 2.24) is 15.2 Å². The van der Waals surface area contributed by atoms with E-state index < -0.39 is 4.92 Å². The number of nitrogens with one attached hydrogen (secondary N) is 1. The van der Waals surface area contributed by atoms with Crippen LogP contribution in [0, 0.1) is 10.1 Å². The Hall–Kier alpha value is -2.03. The average Bonchev–Trinajstić information content (AvgIpc) is 3.27. The van der Waals surface area contributed by atoms with E-state index >= 15 is 0 Å². The van der Waals surface area contributed by atoms with E-state index in [0.29, 0.717) is 28.3 Å². The van der Waals surface area contributed by atoms with Gasteiger partial charge in [-0.15, -0.1) is 23.7 Å². The maximum absolute atomic E-state index is 12.8. The Kier molecular flexibility index (Phi) is 5.78. The predicted molar refractivity (Wildman–Crippen MR) is 107 cm³/mol. The quantitative estimate of drug-likeness (QED) is 0.617. The molecule has 9 heteroatoms. The largest absolute Gasteiger partial charge is 0.337 e. The van der Waals surface area contributed by atoms with Crippen molar-refractivity contribution in [3.63, 3.8) is 0 Å².